The predicted molar refractivity (Wildman–Crippen MR) is 75.1 cm³/mol. The Kier molecular flexibility index (Phi) is 3.79. The average molecular weight is 270 g/mol. The highest BCUT2D eigenvalue weighted by Crippen LogP contribution is 2.28. The van der Waals surface area contributed by atoms with E-state index >= 15 is 0 Å². The molecule has 0 spiro atoms. The highest BCUT2D eigenvalue weighted by molar-refractivity contribution is 7.89. The molecule has 5 heteroatoms. The molecule has 0 aromatic heterocycles. The Labute approximate surface area is 110 Å². The Bertz CT molecular complexity index is 543. The number of nitrogens with one attached hydrogen (secondary N) is 1. The van der Waals surface area contributed by atoms with Gasteiger partial charge in [-0.05, 0) is 64.3 Å². The van der Waals surface area contributed by atoms with Crippen molar-refractivity contribution >= 4 is 15.7 Å². The van der Waals surface area contributed by atoms with Crippen LogP contribution in [0.2, 0.25) is 0 Å². The lowest BCUT2D eigenvalue weighted by Gasteiger charge is -2.23. The molecule has 0 aliphatic heterocycles. The third kappa shape index (κ3) is 3.03. The van der Waals surface area contributed by atoms with E-state index in [1.54, 1.807) is 19.9 Å². The molecule has 1 rings (SSSR count). The highest BCUT2D eigenvalue weighted by Gasteiger charge is 2.26. The van der Waals surface area contributed by atoms with E-state index in [9.17, 15) is 8.42 Å². The summed E-state index contributed by atoms with van der Waals surface area (Å²) < 4.78 is 27.5. The van der Waals surface area contributed by atoms with Gasteiger partial charge < -0.3 is 5.73 Å². The number of hydrogen-bond donors (Lipinski definition) is 2. The normalized spacial score (nSPS) is 12.8. The first-order valence-electron chi connectivity index (χ1n) is 5.86. The Morgan fingerprint density at radius 3 is 2.06 bits per heavy atom. The van der Waals surface area contributed by atoms with Crippen LogP contribution in [0.1, 0.15) is 37.5 Å². The van der Waals surface area contributed by atoms with E-state index in [0.29, 0.717) is 16.1 Å². The number of benzene rings is 1. The number of nitrogens with two attached hydrogens (primary N) is 1. The van der Waals surface area contributed by atoms with Crippen LogP contribution in [0.25, 0.3) is 0 Å². The summed E-state index contributed by atoms with van der Waals surface area (Å²) in [5.74, 6) is 0. The SMILES string of the molecule is Cc1cc(N)c(C)c(S(=O)(=O)NC(C)(C)C)c1C. The number of aryl methyl sites for hydroxylation is 1. The lowest BCUT2D eigenvalue weighted by Crippen LogP contribution is -2.41. The maximum Gasteiger partial charge on any atom is 0.241 e. The van der Waals surface area contributed by atoms with Crippen LogP contribution in [0, 0.1) is 20.8 Å². The standard InChI is InChI=1S/C13H22N2O2S/c1-8-7-11(14)10(3)12(9(8)2)18(16,17)15-13(4,5)6/h7,15H,14H2,1-6H3. The second-order valence-electron chi connectivity index (χ2n) is 5.72. The van der Waals surface area contributed by atoms with Gasteiger partial charge in [-0.3, -0.25) is 0 Å². The zero-order chi connectivity index (χ0) is 14.3. The molecule has 1 aromatic rings. The van der Waals surface area contributed by atoms with Gasteiger partial charge in [0.1, 0.15) is 0 Å². The lowest BCUT2D eigenvalue weighted by molar-refractivity contribution is 0.491. The summed E-state index contributed by atoms with van der Waals surface area (Å²) in [6, 6.07) is 1.81. The fourth-order valence-electron chi connectivity index (χ4n) is 1.90. The molecule has 102 valence electrons. The molecule has 0 aliphatic rings. The van der Waals surface area contributed by atoms with Crippen molar-refractivity contribution in [2.45, 2.75) is 52.0 Å². The van der Waals surface area contributed by atoms with Crippen LogP contribution in [0.15, 0.2) is 11.0 Å². The van der Waals surface area contributed by atoms with Crippen molar-refractivity contribution in [3.8, 4) is 0 Å². The molecule has 0 fully saturated rings. The number of nitrogen functional groups attached to an aromatic ring is 1. The van der Waals surface area contributed by atoms with Crippen molar-refractivity contribution in [3.63, 3.8) is 0 Å². The van der Waals surface area contributed by atoms with Crippen LogP contribution in [0.5, 0.6) is 0 Å². The van der Waals surface area contributed by atoms with Crippen molar-refractivity contribution in [2.24, 2.45) is 0 Å². The largest absolute Gasteiger partial charge is 0.398 e. The quantitative estimate of drug-likeness (QED) is 0.810. The van der Waals surface area contributed by atoms with E-state index in [2.05, 4.69) is 4.72 Å². The van der Waals surface area contributed by atoms with E-state index < -0.39 is 15.6 Å². The van der Waals surface area contributed by atoms with Gasteiger partial charge in [0.25, 0.3) is 0 Å². The third-order valence-corrected chi connectivity index (χ3v) is 4.82. The second kappa shape index (κ2) is 4.55. The second-order valence-corrected chi connectivity index (χ2v) is 7.34. The summed E-state index contributed by atoms with van der Waals surface area (Å²) in [6.07, 6.45) is 0. The van der Waals surface area contributed by atoms with Gasteiger partial charge in [-0.2, -0.15) is 0 Å². The van der Waals surface area contributed by atoms with Crippen LogP contribution in [0.3, 0.4) is 0 Å². The molecular formula is C13H22N2O2S. The van der Waals surface area contributed by atoms with E-state index in [1.165, 1.54) is 0 Å². The van der Waals surface area contributed by atoms with E-state index in [0.717, 1.165) is 11.1 Å². The molecule has 0 amide bonds. The Balaban J connectivity index is 3.51. The minimum Gasteiger partial charge on any atom is -0.398 e. The minimum atomic E-state index is -3.55. The summed E-state index contributed by atoms with van der Waals surface area (Å²) in [6.45, 7) is 10.8. The molecule has 0 aliphatic carbocycles. The van der Waals surface area contributed by atoms with Crippen LogP contribution >= 0.6 is 0 Å². The van der Waals surface area contributed by atoms with Crippen molar-refractivity contribution < 1.29 is 8.42 Å². The van der Waals surface area contributed by atoms with Gasteiger partial charge in [-0.15, -0.1) is 0 Å². The number of anilines is 1. The van der Waals surface area contributed by atoms with E-state index in [1.807, 2.05) is 27.7 Å². The van der Waals surface area contributed by atoms with Gasteiger partial charge in [0, 0.05) is 11.2 Å². The molecular weight excluding hydrogens is 248 g/mol. The Morgan fingerprint density at radius 2 is 1.61 bits per heavy atom. The molecule has 0 saturated heterocycles. The van der Waals surface area contributed by atoms with Gasteiger partial charge in [0.15, 0.2) is 0 Å². The fraction of sp³-hybridized carbons (Fsp3) is 0.538. The zero-order valence-corrected chi connectivity index (χ0v) is 12.7. The van der Waals surface area contributed by atoms with Crippen LogP contribution in [0.4, 0.5) is 5.69 Å². The summed E-state index contributed by atoms with van der Waals surface area (Å²) >= 11 is 0. The summed E-state index contributed by atoms with van der Waals surface area (Å²) in [4.78, 5) is 0.301. The van der Waals surface area contributed by atoms with Crippen LogP contribution < -0.4 is 10.5 Å². The zero-order valence-electron chi connectivity index (χ0n) is 11.9. The van der Waals surface area contributed by atoms with Gasteiger partial charge in [-0.25, -0.2) is 13.1 Å². The van der Waals surface area contributed by atoms with E-state index in [4.69, 9.17) is 5.73 Å². The topological polar surface area (TPSA) is 72.2 Å². The molecule has 0 heterocycles. The van der Waals surface area contributed by atoms with Gasteiger partial charge in [0.05, 0.1) is 4.90 Å². The van der Waals surface area contributed by atoms with Crippen molar-refractivity contribution in [1.29, 1.82) is 0 Å². The average Bonchev–Trinajstić information content (AvgIpc) is 2.10. The van der Waals surface area contributed by atoms with Crippen molar-refractivity contribution in [2.75, 3.05) is 5.73 Å². The van der Waals surface area contributed by atoms with Crippen LogP contribution in [-0.2, 0) is 10.0 Å². The van der Waals surface area contributed by atoms with Crippen LogP contribution in [-0.4, -0.2) is 14.0 Å². The van der Waals surface area contributed by atoms with Gasteiger partial charge in [0.2, 0.25) is 10.0 Å². The molecule has 0 radical (unpaired) electrons. The minimum absolute atomic E-state index is 0.301. The smallest absolute Gasteiger partial charge is 0.241 e. The van der Waals surface area contributed by atoms with Gasteiger partial charge in [-0.1, -0.05) is 0 Å². The first kappa shape index (κ1) is 15.0. The summed E-state index contributed by atoms with van der Waals surface area (Å²) in [5, 5.41) is 0. The molecule has 4 nitrogen and oxygen atoms in total. The first-order chi connectivity index (χ1) is 7.96. The number of sulfonamides is 1. The van der Waals surface area contributed by atoms with Gasteiger partial charge >= 0.3 is 0 Å². The molecule has 3 N–H and O–H groups in total. The molecule has 0 saturated carbocycles. The lowest BCUT2D eigenvalue weighted by atomic mass is 10.1. The summed E-state index contributed by atoms with van der Waals surface area (Å²) in [5.41, 5.74) is 8.08. The Hall–Kier alpha value is -1.07. The number of hydrogen-bond acceptors (Lipinski definition) is 3. The molecule has 1 aromatic carbocycles. The highest BCUT2D eigenvalue weighted by atomic mass is 32.2. The molecule has 0 atom stereocenters. The monoisotopic (exact) mass is 270 g/mol. The Morgan fingerprint density at radius 1 is 1.11 bits per heavy atom. The maximum atomic E-state index is 12.4. The molecule has 18 heavy (non-hydrogen) atoms. The third-order valence-electron chi connectivity index (χ3n) is 2.79. The fourth-order valence-corrected chi connectivity index (χ4v) is 3.89. The van der Waals surface area contributed by atoms with Crippen molar-refractivity contribution in [1.82, 2.24) is 4.72 Å². The van der Waals surface area contributed by atoms with E-state index in [-0.39, 0.29) is 0 Å². The maximum absolute atomic E-state index is 12.4. The number of rotatable bonds is 2. The summed E-state index contributed by atoms with van der Waals surface area (Å²) in [7, 11) is -3.55. The first-order valence-corrected chi connectivity index (χ1v) is 7.34. The van der Waals surface area contributed by atoms with Crippen molar-refractivity contribution in [3.05, 3.63) is 22.8 Å². The molecule has 0 unspecified atom stereocenters. The predicted octanol–water partition coefficient (Wildman–Crippen LogP) is 2.27. The molecule has 0 bridgehead atoms.